The van der Waals surface area contributed by atoms with Gasteiger partial charge in [0.1, 0.15) is 5.75 Å². The second-order valence-electron chi connectivity index (χ2n) is 4.94. The third-order valence-electron chi connectivity index (χ3n) is 3.09. The molecule has 0 saturated heterocycles. The molecular formula is C15H21N3O. The molecule has 4 heteroatoms. The van der Waals surface area contributed by atoms with E-state index in [9.17, 15) is 0 Å². The molecule has 1 atom stereocenters. The Morgan fingerprint density at radius 2 is 1.89 bits per heavy atom. The molecule has 0 amide bonds. The maximum Gasteiger partial charge on any atom is 0.165 e. The van der Waals surface area contributed by atoms with Crippen LogP contribution in [0.2, 0.25) is 0 Å². The van der Waals surface area contributed by atoms with Gasteiger partial charge in [-0.3, -0.25) is 4.68 Å². The number of nitrogens with zero attached hydrogens (tertiary/aromatic N) is 2. The van der Waals surface area contributed by atoms with Crippen LogP contribution in [0.5, 0.6) is 11.5 Å². The van der Waals surface area contributed by atoms with Gasteiger partial charge in [-0.25, -0.2) is 0 Å². The van der Waals surface area contributed by atoms with Crippen molar-refractivity contribution < 1.29 is 4.74 Å². The van der Waals surface area contributed by atoms with E-state index in [1.807, 2.05) is 35.1 Å². The Labute approximate surface area is 114 Å². The predicted molar refractivity (Wildman–Crippen MR) is 76.3 cm³/mol. The zero-order valence-electron chi connectivity index (χ0n) is 11.7. The van der Waals surface area contributed by atoms with Crippen molar-refractivity contribution in [1.82, 2.24) is 9.78 Å². The van der Waals surface area contributed by atoms with Crippen LogP contribution < -0.4 is 10.5 Å². The summed E-state index contributed by atoms with van der Waals surface area (Å²) in [5, 5.41) is 4.24. The Morgan fingerprint density at radius 1 is 1.21 bits per heavy atom. The monoisotopic (exact) mass is 259 g/mol. The molecule has 0 aliphatic heterocycles. The Bertz CT molecular complexity index is 516. The standard InChI is InChI=1S/C15H21N3O/c1-4-15(16)12-5-7-13(8-6-12)19-14-9-17-18(10-14)11(2)3/h5-11,15H,4,16H2,1-3H3/t15-/m0/s1. The normalized spacial score (nSPS) is 12.7. The maximum absolute atomic E-state index is 5.98. The van der Waals surface area contributed by atoms with Gasteiger partial charge in [0, 0.05) is 12.1 Å². The molecule has 2 rings (SSSR count). The highest BCUT2D eigenvalue weighted by Gasteiger charge is 2.06. The molecule has 2 aromatic rings. The lowest BCUT2D eigenvalue weighted by molar-refractivity contribution is 0.476. The predicted octanol–water partition coefficient (Wildman–Crippen LogP) is 3.67. The number of benzene rings is 1. The van der Waals surface area contributed by atoms with Crippen LogP contribution >= 0.6 is 0 Å². The van der Waals surface area contributed by atoms with Gasteiger partial charge in [0.25, 0.3) is 0 Å². The van der Waals surface area contributed by atoms with Crippen LogP contribution in [0, 0.1) is 0 Å². The Kier molecular flexibility index (Phi) is 4.22. The first-order valence-corrected chi connectivity index (χ1v) is 6.67. The molecule has 0 fully saturated rings. The summed E-state index contributed by atoms with van der Waals surface area (Å²) in [6.45, 7) is 6.24. The quantitative estimate of drug-likeness (QED) is 0.891. The fourth-order valence-corrected chi connectivity index (χ4v) is 1.81. The van der Waals surface area contributed by atoms with Crippen molar-refractivity contribution in [2.75, 3.05) is 0 Å². The van der Waals surface area contributed by atoms with E-state index in [1.165, 1.54) is 0 Å². The average Bonchev–Trinajstić information content (AvgIpc) is 2.87. The molecular weight excluding hydrogens is 238 g/mol. The van der Waals surface area contributed by atoms with Gasteiger partial charge in [0.2, 0.25) is 0 Å². The van der Waals surface area contributed by atoms with Crippen molar-refractivity contribution in [2.45, 2.75) is 39.3 Å². The van der Waals surface area contributed by atoms with Crippen LogP contribution in [0.3, 0.4) is 0 Å². The Morgan fingerprint density at radius 3 is 2.42 bits per heavy atom. The maximum atomic E-state index is 5.98. The van der Waals surface area contributed by atoms with Crippen molar-refractivity contribution in [2.24, 2.45) is 5.73 Å². The Balaban J connectivity index is 2.06. The average molecular weight is 259 g/mol. The highest BCUT2D eigenvalue weighted by molar-refractivity contribution is 5.32. The molecule has 0 spiro atoms. The van der Waals surface area contributed by atoms with Crippen molar-refractivity contribution in [3.05, 3.63) is 42.2 Å². The van der Waals surface area contributed by atoms with Gasteiger partial charge in [0.05, 0.1) is 12.4 Å². The van der Waals surface area contributed by atoms with Crippen molar-refractivity contribution >= 4 is 0 Å². The number of aromatic nitrogens is 2. The summed E-state index contributed by atoms with van der Waals surface area (Å²) in [4.78, 5) is 0. The minimum absolute atomic E-state index is 0.0951. The number of ether oxygens (including phenoxy) is 1. The third-order valence-corrected chi connectivity index (χ3v) is 3.09. The summed E-state index contributed by atoms with van der Waals surface area (Å²) < 4.78 is 7.63. The highest BCUT2D eigenvalue weighted by Crippen LogP contribution is 2.23. The van der Waals surface area contributed by atoms with E-state index < -0.39 is 0 Å². The molecule has 0 bridgehead atoms. The lowest BCUT2D eigenvalue weighted by atomic mass is 10.1. The van der Waals surface area contributed by atoms with Gasteiger partial charge in [-0.15, -0.1) is 0 Å². The largest absolute Gasteiger partial charge is 0.454 e. The summed E-state index contributed by atoms with van der Waals surface area (Å²) >= 11 is 0. The summed E-state index contributed by atoms with van der Waals surface area (Å²) in [6.07, 6.45) is 4.56. The van der Waals surface area contributed by atoms with Gasteiger partial charge >= 0.3 is 0 Å². The van der Waals surface area contributed by atoms with E-state index in [-0.39, 0.29) is 6.04 Å². The van der Waals surface area contributed by atoms with Crippen molar-refractivity contribution in [1.29, 1.82) is 0 Å². The van der Waals surface area contributed by atoms with E-state index >= 15 is 0 Å². The first-order valence-electron chi connectivity index (χ1n) is 6.67. The smallest absolute Gasteiger partial charge is 0.165 e. The second-order valence-corrected chi connectivity index (χ2v) is 4.94. The van der Waals surface area contributed by atoms with E-state index in [1.54, 1.807) is 6.20 Å². The van der Waals surface area contributed by atoms with Gasteiger partial charge < -0.3 is 10.5 Å². The molecule has 0 aliphatic rings. The van der Waals surface area contributed by atoms with Crippen LogP contribution in [0.25, 0.3) is 0 Å². The zero-order valence-corrected chi connectivity index (χ0v) is 11.7. The van der Waals surface area contributed by atoms with Gasteiger partial charge in [-0.05, 0) is 38.0 Å². The topological polar surface area (TPSA) is 53.1 Å². The van der Waals surface area contributed by atoms with E-state index in [0.29, 0.717) is 6.04 Å². The van der Waals surface area contributed by atoms with E-state index in [2.05, 4.69) is 25.9 Å². The molecule has 2 N–H and O–H groups in total. The lowest BCUT2D eigenvalue weighted by Crippen LogP contribution is -2.07. The number of nitrogens with two attached hydrogens (primary N) is 1. The van der Waals surface area contributed by atoms with Crippen LogP contribution in [-0.4, -0.2) is 9.78 Å². The fraction of sp³-hybridized carbons (Fsp3) is 0.400. The third kappa shape index (κ3) is 3.35. The first kappa shape index (κ1) is 13.6. The van der Waals surface area contributed by atoms with Crippen molar-refractivity contribution in [3.8, 4) is 11.5 Å². The number of hydrogen-bond acceptors (Lipinski definition) is 3. The lowest BCUT2D eigenvalue weighted by Gasteiger charge is -2.10. The second kappa shape index (κ2) is 5.89. The van der Waals surface area contributed by atoms with E-state index in [4.69, 9.17) is 10.5 Å². The van der Waals surface area contributed by atoms with Crippen LogP contribution in [0.15, 0.2) is 36.7 Å². The highest BCUT2D eigenvalue weighted by atomic mass is 16.5. The van der Waals surface area contributed by atoms with Gasteiger partial charge in [-0.1, -0.05) is 19.1 Å². The first-order chi connectivity index (χ1) is 9.10. The van der Waals surface area contributed by atoms with Crippen LogP contribution in [0.4, 0.5) is 0 Å². The zero-order chi connectivity index (χ0) is 13.8. The van der Waals surface area contributed by atoms with Gasteiger partial charge in [0.15, 0.2) is 5.75 Å². The van der Waals surface area contributed by atoms with Crippen molar-refractivity contribution in [3.63, 3.8) is 0 Å². The molecule has 0 aliphatic carbocycles. The summed E-state index contributed by atoms with van der Waals surface area (Å²) in [5.41, 5.74) is 7.11. The molecule has 1 heterocycles. The molecule has 102 valence electrons. The molecule has 1 aromatic heterocycles. The summed E-state index contributed by atoms with van der Waals surface area (Å²) in [6, 6.07) is 8.34. The van der Waals surface area contributed by atoms with Gasteiger partial charge in [-0.2, -0.15) is 5.10 Å². The number of rotatable bonds is 5. The molecule has 4 nitrogen and oxygen atoms in total. The SMILES string of the molecule is CC[C@H](N)c1ccc(Oc2cnn(C(C)C)c2)cc1. The molecule has 0 unspecified atom stereocenters. The van der Waals surface area contributed by atoms with Crippen LogP contribution in [0.1, 0.15) is 44.8 Å². The fourth-order valence-electron chi connectivity index (χ4n) is 1.81. The minimum Gasteiger partial charge on any atom is -0.454 e. The molecule has 1 aromatic carbocycles. The minimum atomic E-state index is 0.0951. The summed E-state index contributed by atoms with van der Waals surface area (Å²) in [7, 11) is 0. The molecule has 0 radical (unpaired) electrons. The molecule has 0 saturated carbocycles. The van der Waals surface area contributed by atoms with E-state index in [0.717, 1.165) is 23.5 Å². The van der Waals surface area contributed by atoms with Crippen LogP contribution in [-0.2, 0) is 0 Å². The Hall–Kier alpha value is -1.81. The molecule has 19 heavy (non-hydrogen) atoms. The number of hydrogen-bond donors (Lipinski definition) is 1. The summed E-state index contributed by atoms with van der Waals surface area (Å²) in [5.74, 6) is 1.55.